The molecule has 3 heteroatoms. The third-order valence-corrected chi connectivity index (χ3v) is 2.48. The molecule has 3 nitrogen and oxygen atoms in total. The van der Waals surface area contributed by atoms with Crippen molar-refractivity contribution in [3.05, 3.63) is 47.5 Å². The molecule has 2 aromatic carbocycles. The fourth-order valence-electron chi connectivity index (χ4n) is 1.59. The van der Waals surface area contributed by atoms with Gasteiger partial charge in [-0.05, 0) is 35.4 Å². The van der Waals surface area contributed by atoms with Gasteiger partial charge in [-0.3, -0.25) is 4.79 Å². The van der Waals surface area contributed by atoms with Gasteiger partial charge in [-0.15, -0.1) is 0 Å². The van der Waals surface area contributed by atoms with Gasteiger partial charge in [0.1, 0.15) is 0 Å². The number of fused-ring (bicyclic) bond motifs is 1. The number of carboxylic acid groups (broad SMARTS) is 1. The Hall–Kier alpha value is -2.16. The molecule has 0 bridgehead atoms. The zero-order valence-corrected chi connectivity index (χ0v) is 10.7. The Labute approximate surface area is 106 Å². The van der Waals surface area contributed by atoms with Crippen molar-refractivity contribution in [2.24, 2.45) is 0 Å². The number of carboxylic acids is 1. The van der Waals surface area contributed by atoms with Gasteiger partial charge >= 0.3 is 0 Å². The van der Waals surface area contributed by atoms with Crippen LogP contribution in [0.2, 0.25) is 0 Å². The SMILES string of the molecule is CC.CC(=O)c1ccc2cc(C(=O)[O-])ccc2c1. The molecule has 18 heavy (non-hydrogen) atoms. The molecule has 0 unspecified atom stereocenters. The number of hydrogen-bond donors (Lipinski definition) is 0. The van der Waals surface area contributed by atoms with E-state index in [1.54, 1.807) is 24.3 Å². The topological polar surface area (TPSA) is 57.2 Å². The van der Waals surface area contributed by atoms with Crippen molar-refractivity contribution >= 4 is 22.5 Å². The Morgan fingerprint density at radius 3 is 1.78 bits per heavy atom. The van der Waals surface area contributed by atoms with E-state index in [-0.39, 0.29) is 11.3 Å². The molecule has 94 valence electrons. The summed E-state index contributed by atoms with van der Waals surface area (Å²) in [5.41, 5.74) is 0.761. The Morgan fingerprint density at radius 1 is 0.889 bits per heavy atom. The molecular weight excluding hydrogens is 228 g/mol. The quantitative estimate of drug-likeness (QED) is 0.761. The van der Waals surface area contributed by atoms with Crippen molar-refractivity contribution in [3.8, 4) is 0 Å². The highest BCUT2D eigenvalue weighted by Crippen LogP contribution is 2.18. The number of Topliss-reactive ketones (excluding diaryl/α,β-unsaturated/α-hetero) is 1. The van der Waals surface area contributed by atoms with Crippen molar-refractivity contribution < 1.29 is 14.7 Å². The number of hydrogen-bond acceptors (Lipinski definition) is 3. The van der Waals surface area contributed by atoms with Gasteiger partial charge < -0.3 is 9.90 Å². The third-order valence-electron chi connectivity index (χ3n) is 2.48. The summed E-state index contributed by atoms with van der Waals surface area (Å²) in [6.07, 6.45) is 0. The maximum atomic E-state index is 11.2. The molecule has 0 N–H and O–H groups in total. The summed E-state index contributed by atoms with van der Waals surface area (Å²) in [5, 5.41) is 12.3. The highest BCUT2D eigenvalue weighted by molar-refractivity contribution is 6.00. The van der Waals surface area contributed by atoms with Crippen LogP contribution in [0.5, 0.6) is 0 Å². The van der Waals surface area contributed by atoms with E-state index in [9.17, 15) is 14.7 Å². The summed E-state index contributed by atoms with van der Waals surface area (Å²) in [5.74, 6) is -1.21. The van der Waals surface area contributed by atoms with Gasteiger partial charge in [0, 0.05) is 5.56 Å². The van der Waals surface area contributed by atoms with Crippen LogP contribution in [-0.4, -0.2) is 11.8 Å². The van der Waals surface area contributed by atoms with Crippen molar-refractivity contribution in [3.63, 3.8) is 0 Å². The minimum absolute atomic E-state index is 0.00845. The van der Waals surface area contributed by atoms with E-state index in [0.717, 1.165) is 10.8 Å². The molecule has 0 atom stereocenters. The second kappa shape index (κ2) is 5.96. The van der Waals surface area contributed by atoms with Crippen LogP contribution >= 0.6 is 0 Å². The predicted octanol–water partition coefficient (Wildman–Crippen LogP) is 2.43. The first kappa shape index (κ1) is 13.9. The van der Waals surface area contributed by atoms with E-state index in [2.05, 4.69) is 0 Å². The lowest BCUT2D eigenvalue weighted by atomic mass is 10.0. The van der Waals surface area contributed by atoms with E-state index in [4.69, 9.17) is 0 Å². The molecule has 2 aromatic rings. The molecule has 0 amide bonds. The standard InChI is InChI=1S/C13H10O3.C2H6/c1-8(14)9-2-3-11-7-12(13(15)16)5-4-10(11)6-9;1-2/h2-7H,1H3,(H,15,16);1-2H3/p-1. The van der Waals surface area contributed by atoms with Crippen molar-refractivity contribution in [1.82, 2.24) is 0 Å². The largest absolute Gasteiger partial charge is 0.545 e. The highest BCUT2D eigenvalue weighted by Gasteiger charge is 2.02. The van der Waals surface area contributed by atoms with Crippen molar-refractivity contribution in [1.29, 1.82) is 0 Å². The molecule has 0 radical (unpaired) electrons. The van der Waals surface area contributed by atoms with Gasteiger partial charge in [0.15, 0.2) is 5.78 Å². The lowest BCUT2D eigenvalue weighted by molar-refractivity contribution is -0.255. The molecule has 2 rings (SSSR count). The molecule has 0 fully saturated rings. The van der Waals surface area contributed by atoms with E-state index in [0.29, 0.717) is 5.56 Å². The lowest BCUT2D eigenvalue weighted by Crippen LogP contribution is -2.21. The number of ketones is 1. The van der Waals surface area contributed by atoms with Crippen LogP contribution in [0.3, 0.4) is 0 Å². The number of carbonyl (C=O) groups excluding carboxylic acids is 2. The average molecular weight is 243 g/mol. The highest BCUT2D eigenvalue weighted by atomic mass is 16.4. The van der Waals surface area contributed by atoms with Gasteiger partial charge in [-0.25, -0.2) is 0 Å². The minimum atomic E-state index is -1.20. The van der Waals surface area contributed by atoms with E-state index >= 15 is 0 Å². The second-order valence-corrected chi connectivity index (χ2v) is 3.62. The summed E-state index contributed by atoms with van der Waals surface area (Å²) in [6.45, 7) is 5.50. The summed E-state index contributed by atoms with van der Waals surface area (Å²) in [4.78, 5) is 21.8. The van der Waals surface area contributed by atoms with Crippen LogP contribution in [0.4, 0.5) is 0 Å². The van der Waals surface area contributed by atoms with E-state index < -0.39 is 5.97 Å². The molecule has 0 heterocycles. The normalized spacial score (nSPS) is 9.50. The number of benzene rings is 2. The zero-order valence-electron chi connectivity index (χ0n) is 10.7. The first-order valence-corrected chi connectivity index (χ1v) is 5.84. The van der Waals surface area contributed by atoms with Crippen molar-refractivity contribution in [2.75, 3.05) is 0 Å². The first-order chi connectivity index (χ1) is 8.58. The predicted molar refractivity (Wildman–Crippen MR) is 69.6 cm³/mol. The number of carbonyl (C=O) groups is 2. The van der Waals surface area contributed by atoms with Gasteiger partial charge in [0.2, 0.25) is 0 Å². The van der Waals surface area contributed by atoms with Crippen LogP contribution in [0.25, 0.3) is 10.8 Å². The molecule has 0 spiro atoms. The molecule has 0 saturated heterocycles. The Morgan fingerprint density at radius 2 is 1.33 bits per heavy atom. The van der Waals surface area contributed by atoms with Crippen LogP contribution in [-0.2, 0) is 0 Å². The number of rotatable bonds is 2. The maximum absolute atomic E-state index is 11.2. The molecule has 0 aromatic heterocycles. The molecular formula is C15H15O3-. The summed E-state index contributed by atoms with van der Waals surface area (Å²) in [6, 6.07) is 9.85. The summed E-state index contributed by atoms with van der Waals surface area (Å²) < 4.78 is 0. The molecule has 0 aliphatic rings. The van der Waals surface area contributed by atoms with E-state index in [1.165, 1.54) is 19.1 Å². The fourth-order valence-corrected chi connectivity index (χ4v) is 1.59. The van der Waals surface area contributed by atoms with Gasteiger partial charge in [-0.1, -0.05) is 38.1 Å². The third kappa shape index (κ3) is 2.94. The van der Waals surface area contributed by atoms with Gasteiger partial charge in [-0.2, -0.15) is 0 Å². The summed E-state index contributed by atoms with van der Waals surface area (Å²) >= 11 is 0. The zero-order chi connectivity index (χ0) is 13.7. The van der Waals surface area contributed by atoms with Gasteiger partial charge in [0.25, 0.3) is 0 Å². The smallest absolute Gasteiger partial charge is 0.159 e. The van der Waals surface area contributed by atoms with Gasteiger partial charge in [0.05, 0.1) is 5.97 Å². The lowest BCUT2D eigenvalue weighted by Gasteiger charge is -2.05. The minimum Gasteiger partial charge on any atom is -0.545 e. The molecule has 0 aliphatic heterocycles. The second-order valence-electron chi connectivity index (χ2n) is 3.62. The van der Waals surface area contributed by atoms with Crippen LogP contribution in [0, 0.1) is 0 Å². The van der Waals surface area contributed by atoms with Crippen LogP contribution in [0.15, 0.2) is 36.4 Å². The van der Waals surface area contributed by atoms with Crippen molar-refractivity contribution in [2.45, 2.75) is 20.8 Å². The molecule has 0 saturated carbocycles. The summed E-state index contributed by atoms with van der Waals surface area (Å²) in [7, 11) is 0. The molecule has 0 aliphatic carbocycles. The Kier molecular flexibility index (Phi) is 4.60. The van der Waals surface area contributed by atoms with Crippen LogP contribution < -0.4 is 5.11 Å². The maximum Gasteiger partial charge on any atom is 0.159 e. The Bertz CT molecular complexity index is 532. The van der Waals surface area contributed by atoms with E-state index in [1.807, 2.05) is 13.8 Å². The fraction of sp³-hybridized carbons (Fsp3) is 0.200. The Balaban J connectivity index is 0.000000771. The monoisotopic (exact) mass is 243 g/mol. The van der Waals surface area contributed by atoms with Crippen LogP contribution in [0.1, 0.15) is 41.5 Å². The number of aromatic carboxylic acids is 1. The average Bonchev–Trinajstić information content (AvgIpc) is 2.39. The first-order valence-electron chi connectivity index (χ1n) is 5.84.